The first-order chi connectivity index (χ1) is 13.8. The number of nitrogens with zero attached hydrogens (tertiary/aromatic N) is 3. The molecule has 1 amide bonds. The lowest BCUT2D eigenvalue weighted by Gasteiger charge is -2.36. The van der Waals surface area contributed by atoms with Gasteiger partial charge in [-0.25, -0.2) is 21.5 Å². The van der Waals surface area contributed by atoms with E-state index in [1.807, 2.05) is 9.80 Å². The first kappa shape index (κ1) is 19.9. The summed E-state index contributed by atoms with van der Waals surface area (Å²) in [6.45, 7) is 2.94. The van der Waals surface area contributed by atoms with Crippen molar-refractivity contribution >= 4 is 15.9 Å². The number of amides is 1. The molecule has 1 fully saturated rings. The van der Waals surface area contributed by atoms with Gasteiger partial charge >= 0.3 is 0 Å². The number of benzene rings is 2. The van der Waals surface area contributed by atoms with Crippen molar-refractivity contribution in [2.75, 3.05) is 32.8 Å². The van der Waals surface area contributed by atoms with Crippen LogP contribution in [0.4, 0.5) is 8.78 Å². The molecule has 2 aromatic rings. The Bertz CT molecular complexity index is 1020. The topological polar surface area (TPSA) is 60.9 Å². The Labute approximate surface area is 168 Å². The van der Waals surface area contributed by atoms with E-state index in [2.05, 4.69) is 0 Å². The number of carbonyl (C=O) groups is 1. The normalized spacial score (nSPS) is 19.5. The van der Waals surface area contributed by atoms with E-state index in [9.17, 15) is 22.0 Å². The number of fused-ring (bicyclic) bond motifs is 1. The molecule has 2 heterocycles. The summed E-state index contributed by atoms with van der Waals surface area (Å²) in [5.41, 5.74) is 0.762. The van der Waals surface area contributed by atoms with E-state index in [1.54, 1.807) is 12.1 Å². The van der Waals surface area contributed by atoms with E-state index in [0.29, 0.717) is 25.3 Å². The van der Waals surface area contributed by atoms with E-state index in [1.165, 1.54) is 24.3 Å². The summed E-state index contributed by atoms with van der Waals surface area (Å²) in [7, 11) is -3.81. The molecule has 0 aliphatic carbocycles. The predicted molar refractivity (Wildman–Crippen MR) is 102 cm³/mol. The molecule has 0 unspecified atom stereocenters. The van der Waals surface area contributed by atoms with Gasteiger partial charge in [0.1, 0.15) is 16.5 Å². The molecule has 4 rings (SSSR count). The van der Waals surface area contributed by atoms with Crippen molar-refractivity contribution in [3.8, 4) is 0 Å². The second-order valence-corrected chi connectivity index (χ2v) is 9.15. The highest BCUT2D eigenvalue weighted by atomic mass is 32.2. The molecule has 0 saturated carbocycles. The van der Waals surface area contributed by atoms with Crippen molar-refractivity contribution in [3.63, 3.8) is 0 Å². The third-order valence-corrected chi connectivity index (χ3v) is 7.05. The smallest absolute Gasteiger partial charge is 0.269 e. The number of carbonyl (C=O) groups excluding carboxylic acids is 1. The lowest BCUT2D eigenvalue weighted by atomic mass is 10.2. The Hall–Kier alpha value is -2.36. The molecule has 6 nitrogen and oxygen atoms in total. The fourth-order valence-corrected chi connectivity index (χ4v) is 5.46. The summed E-state index contributed by atoms with van der Waals surface area (Å²) in [6.07, 6.45) is 0.846. The maximum absolute atomic E-state index is 13.4. The lowest BCUT2D eigenvalue weighted by Crippen LogP contribution is -2.47. The van der Waals surface area contributed by atoms with Gasteiger partial charge in [-0.1, -0.05) is 12.1 Å². The summed E-state index contributed by atoms with van der Waals surface area (Å²) < 4.78 is 53.0. The first-order valence-electron chi connectivity index (χ1n) is 9.40. The van der Waals surface area contributed by atoms with Gasteiger partial charge < -0.3 is 0 Å². The van der Waals surface area contributed by atoms with Gasteiger partial charge in [-0.05, 0) is 36.2 Å². The predicted octanol–water partition coefficient (Wildman–Crippen LogP) is 2.27. The zero-order valence-corrected chi connectivity index (χ0v) is 16.5. The van der Waals surface area contributed by atoms with Crippen LogP contribution >= 0.6 is 0 Å². The molecule has 29 heavy (non-hydrogen) atoms. The molecule has 154 valence electrons. The second kappa shape index (κ2) is 7.81. The van der Waals surface area contributed by atoms with Crippen molar-refractivity contribution in [3.05, 3.63) is 65.2 Å². The Balaban J connectivity index is 1.39. The Morgan fingerprint density at radius 1 is 0.931 bits per heavy atom. The van der Waals surface area contributed by atoms with Gasteiger partial charge in [0.2, 0.25) is 0 Å². The maximum atomic E-state index is 13.4. The molecular formula is C20H21F2N3O3S. The maximum Gasteiger partial charge on any atom is 0.269 e. The van der Waals surface area contributed by atoms with Crippen LogP contribution in [0.5, 0.6) is 0 Å². The van der Waals surface area contributed by atoms with Gasteiger partial charge in [0, 0.05) is 32.2 Å². The van der Waals surface area contributed by atoms with E-state index < -0.39 is 27.6 Å². The van der Waals surface area contributed by atoms with Crippen LogP contribution in [0.25, 0.3) is 0 Å². The van der Waals surface area contributed by atoms with E-state index in [4.69, 9.17) is 0 Å². The molecule has 2 aliphatic rings. The van der Waals surface area contributed by atoms with Gasteiger partial charge in [0.05, 0.1) is 18.8 Å². The van der Waals surface area contributed by atoms with Crippen molar-refractivity contribution < 1.29 is 22.0 Å². The number of halogens is 2. The van der Waals surface area contributed by atoms with E-state index in [0.717, 1.165) is 29.9 Å². The van der Waals surface area contributed by atoms with Crippen LogP contribution in [0.15, 0.2) is 47.4 Å². The monoisotopic (exact) mass is 421 g/mol. The van der Waals surface area contributed by atoms with E-state index >= 15 is 0 Å². The van der Waals surface area contributed by atoms with Gasteiger partial charge in [0.25, 0.3) is 15.9 Å². The molecule has 0 spiro atoms. The quantitative estimate of drug-likeness (QED) is 0.741. The van der Waals surface area contributed by atoms with Gasteiger partial charge in [0.15, 0.2) is 0 Å². The SMILES string of the molecule is O=C1c2ccccc2S(=O)(=O)N1CCN1CCCN(Cc2cc(F)cc(F)c2)C1. The van der Waals surface area contributed by atoms with Crippen molar-refractivity contribution in [1.29, 1.82) is 0 Å². The van der Waals surface area contributed by atoms with Crippen molar-refractivity contribution in [2.45, 2.75) is 17.9 Å². The molecular weight excluding hydrogens is 400 g/mol. The van der Waals surface area contributed by atoms with Crippen molar-refractivity contribution in [1.82, 2.24) is 14.1 Å². The van der Waals surface area contributed by atoms with Crippen LogP contribution in [0.2, 0.25) is 0 Å². The summed E-state index contributed by atoms with van der Waals surface area (Å²) in [5.74, 6) is -1.71. The average molecular weight is 421 g/mol. The zero-order valence-electron chi connectivity index (χ0n) is 15.7. The number of sulfonamides is 1. The van der Waals surface area contributed by atoms with Gasteiger partial charge in [-0.3, -0.25) is 14.6 Å². The average Bonchev–Trinajstić information content (AvgIpc) is 2.86. The van der Waals surface area contributed by atoms with Crippen LogP contribution in [0, 0.1) is 11.6 Å². The Kier molecular flexibility index (Phi) is 5.37. The Morgan fingerprint density at radius 2 is 1.62 bits per heavy atom. The highest BCUT2D eigenvalue weighted by Crippen LogP contribution is 2.29. The van der Waals surface area contributed by atoms with Crippen LogP contribution in [-0.2, 0) is 16.6 Å². The molecule has 1 saturated heterocycles. The third-order valence-electron chi connectivity index (χ3n) is 5.21. The molecule has 0 aromatic heterocycles. The fourth-order valence-electron chi connectivity index (χ4n) is 3.90. The number of hydrogen-bond donors (Lipinski definition) is 0. The van der Waals surface area contributed by atoms with Gasteiger partial charge in [-0.2, -0.15) is 0 Å². The third kappa shape index (κ3) is 4.03. The number of hydrogen-bond acceptors (Lipinski definition) is 5. The molecule has 0 N–H and O–H groups in total. The minimum atomic E-state index is -3.81. The molecule has 2 aromatic carbocycles. The summed E-state index contributed by atoms with van der Waals surface area (Å²) in [6, 6.07) is 9.69. The van der Waals surface area contributed by atoms with Crippen LogP contribution in [0.3, 0.4) is 0 Å². The first-order valence-corrected chi connectivity index (χ1v) is 10.8. The second-order valence-electron chi connectivity index (χ2n) is 7.32. The zero-order chi connectivity index (χ0) is 20.6. The number of rotatable bonds is 5. The highest BCUT2D eigenvalue weighted by molar-refractivity contribution is 7.90. The summed E-state index contributed by atoms with van der Waals surface area (Å²) in [4.78, 5) is 16.7. The van der Waals surface area contributed by atoms with Gasteiger partial charge in [-0.15, -0.1) is 0 Å². The standard InChI is InChI=1S/C20H21F2N3O3S/c21-16-10-15(11-17(22)12-16)13-24-7-3-6-23(14-24)8-9-25-20(26)18-4-1-2-5-19(18)29(25,27)28/h1-2,4-5,10-12H,3,6-9,13-14H2. The highest BCUT2D eigenvalue weighted by Gasteiger charge is 2.40. The largest absolute Gasteiger partial charge is 0.289 e. The summed E-state index contributed by atoms with van der Waals surface area (Å²) in [5, 5.41) is 0. The lowest BCUT2D eigenvalue weighted by molar-refractivity contribution is 0.0704. The fraction of sp³-hybridized carbons (Fsp3) is 0.350. The van der Waals surface area contributed by atoms with Crippen molar-refractivity contribution in [2.24, 2.45) is 0 Å². The minimum absolute atomic E-state index is 0.0541. The molecule has 0 atom stereocenters. The summed E-state index contributed by atoms with van der Waals surface area (Å²) >= 11 is 0. The van der Waals surface area contributed by atoms with Crippen LogP contribution < -0.4 is 0 Å². The molecule has 0 bridgehead atoms. The molecule has 0 radical (unpaired) electrons. The van der Waals surface area contributed by atoms with Crippen LogP contribution in [0.1, 0.15) is 22.3 Å². The molecule has 9 heteroatoms. The van der Waals surface area contributed by atoms with Crippen LogP contribution in [-0.4, -0.2) is 61.3 Å². The minimum Gasteiger partial charge on any atom is -0.289 e. The Morgan fingerprint density at radius 3 is 2.34 bits per heavy atom. The van der Waals surface area contributed by atoms with E-state index in [-0.39, 0.29) is 17.0 Å². The molecule has 2 aliphatic heterocycles.